The van der Waals surface area contributed by atoms with E-state index in [0.29, 0.717) is 31.9 Å². The lowest BCUT2D eigenvalue weighted by molar-refractivity contribution is -0.0292. The van der Waals surface area contributed by atoms with Gasteiger partial charge in [-0.3, -0.25) is 9.69 Å². The molecule has 154 valence electrons. The molecule has 7 nitrogen and oxygen atoms in total. The van der Waals surface area contributed by atoms with Crippen LogP contribution in [0.1, 0.15) is 15.9 Å². The Balaban J connectivity index is 1.25. The number of hydrogen-bond donors (Lipinski definition) is 1. The zero-order valence-electron chi connectivity index (χ0n) is 16.6. The molecule has 7 heteroatoms. The largest absolute Gasteiger partial charge is 0.378 e. The maximum Gasteiger partial charge on any atom is 0.252 e. The minimum absolute atomic E-state index is 0.00278. The molecule has 1 aromatic carbocycles. The van der Waals surface area contributed by atoms with E-state index in [-0.39, 0.29) is 12.0 Å². The van der Waals surface area contributed by atoms with Gasteiger partial charge in [-0.1, -0.05) is 30.3 Å². The minimum Gasteiger partial charge on any atom is -0.378 e. The molecule has 0 spiro atoms. The van der Waals surface area contributed by atoms with Crippen LogP contribution in [0.15, 0.2) is 48.7 Å². The maximum absolute atomic E-state index is 12.5. The predicted molar refractivity (Wildman–Crippen MR) is 111 cm³/mol. The Morgan fingerprint density at radius 1 is 1.07 bits per heavy atom. The quantitative estimate of drug-likeness (QED) is 0.799. The lowest BCUT2D eigenvalue weighted by Crippen LogP contribution is -2.47. The van der Waals surface area contributed by atoms with E-state index in [9.17, 15) is 4.79 Å². The summed E-state index contributed by atoms with van der Waals surface area (Å²) in [6.45, 7) is 6.89. The van der Waals surface area contributed by atoms with E-state index in [1.807, 2.05) is 18.2 Å². The standard InChI is InChI=1S/C22H28N4O3/c27-22(19-6-7-21(23-14-19)26-9-11-28-12-10-26)24-15-20-17-25(8-13-29-20)16-18-4-2-1-3-5-18/h1-7,14,20H,8-13,15-17H2,(H,24,27). The molecule has 2 saturated heterocycles. The number of morpholine rings is 2. The number of benzene rings is 1. The number of ether oxygens (including phenoxy) is 2. The molecular formula is C22H28N4O3. The Morgan fingerprint density at radius 2 is 1.90 bits per heavy atom. The van der Waals surface area contributed by atoms with E-state index < -0.39 is 0 Å². The third kappa shape index (κ3) is 5.53. The molecule has 0 bridgehead atoms. The average molecular weight is 396 g/mol. The SMILES string of the molecule is O=C(NCC1CN(Cc2ccccc2)CCO1)c1ccc(N2CCOCC2)nc1. The Morgan fingerprint density at radius 3 is 2.66 bits per heavy atom. The third-order valence-electron chi connectivity index (χ3n) is 5.31. The smallest absolute Gasteiger partial charge is 0.252 e. The summed E-state index contributed by atoms with van der Waals surface area (Å²) >= 11 is 0. The van der Waals surface area contributed by atoms with E-state index in [1.54, 1.807) is 6.20 Å². The van der Waals surface area contributed by atoms with E-state index in [2.05, 4.69) is 44.4 Å². The molecule has 0 aliphatic carbocycles. The summed E-state index contributed by atoms with van der Waals surface area (Å²) in [4.78, 5) is 21.5. The van der Waals surface area contributed by atoms with Crippen molar-refractivity contribution < 1.29 is 14.3 Å². The van der Waals surface area contributed by atoms with Crippen LogP contribution < -0.4 is 10.2 Å². The van der Waals surface area contributed by atoms with Gasteiger partial charge in [-0.2, -0.15) is 0 Å². The number of nitrogens with zero attached hydrogens (tertiary/aromatic N) is 3. The summed E-state index contributed by atoms with van der Waals surface area (Å²) in [6, 6.07) is 14.2. The summed E-state index contributed by atoms with van der Waals surface area (Å²) in [5.74, 6) is 0.770. The van der Waals surface area contributed by atoms with Gasteiger partial charge in [0.05, 0.1) is 31.5 Å². The van der Waals surface area contributed by atoms with Gasteiger partial charge < -0.3 is 19.7 Å². The molecular weight excluding hydrogens is 368 g/mol. The van der Waals surface area contributed by atoms with Crippen molar-refractivity contribution in [3.63, 3.8) is 0 Å². The molecule has 2 aliphatic rings. The van der Waals surface area contributed by atoms with Gasteiger partial charge in [0.15, 0.2) is 0 Å². The van der Waals surface area contributed by atoms with Crippen LogP contribution in [-0.2, 0) is 16.0 Å². The van der Waals surface area contributed by atoms with Crippen LogP contribution >= 0.6 is 0 Å². The van der Waals surface area contributed by atoms with Gasteiger partial charge in [0.25, 0.3) is 5.91 Å². The molecule has 2 aromatic rings. The summed E-state index contributed by atoms with van der Waals surface area (Å²) < 4.78 is 11.2. The van der Waals surface area contributed by atoms with Gasteiger partial charge in [0.2, 0.25) is 0 Å². The fraction of sp³-hybridized carbons (Fsp3) is 0.455. The molecule has 0 saturated carbocycles. The number of carbonyl (C=O) groups excluding carboxylic acids is 1. The van der Waals surface area contributed by atoms with E-state index in [4.69, 9.17) is 9.47 Å². The van der Waals surface area contributed by atoms with Gasteiger partial charge in [0.1, 0.15) is 5.82 Å². The Bertz CT molecular complexity index is 778. The van der Waals surface area contributed by atoms with E-state index >= 15 is 0 Å². The zero-order chi connectivity index (χ0) is 19.9. The predicted octanol–water partition coefficient (Wildman–Crippen LogP) is 1.55. The maximum atomic E-state index is 12.5. The molecule has 0 radical (unpaired) electrons. The monoisotopic (exact) mass is 396 g/mol. The normalized spacial score (nSPS) is 20.4. The van der Waals surface area contributed by atoms with Gasteiger partial charge in [0, 0.05) is 45.5 Å². The van der Waals surface area contributed by atoms with Crippen LogP contribution in [-0.4, -0.2) is 74.4 Å². The van der Waals surface area contributed by atoms with Crippen molar-refractivity contribution in [2.24, 2.45) is 0 Å². The topological polar surface area (TPSA) is 66.9 Å². The fourth-order valence-electron chi connectivity index (χ4n) is 3.70. The van der Waals surface area contributed by atoms with Crippen LogP contribution in [0.5, 0.6) is 0 Å². The molecule has 1 N–H and O–H groups in total. The number of amides is 1. The Kier molecular flexibility index (Phi) is 6.71. The summed E-state index contributed by atoms with van der Waals surface area (Å²) in [5, 5.41) is 2.99. The number of aromatic nitrogens is 1. The zero-order valence-corrected chi connectivity index (χ0v) is 16.6. The molecule has 2 aliphatic heterocycles. The van der Waals surface area contributed by atoms with E-state index in [1.165, 1.54) is 5.56 Å². The highest BCUT2D eigenvalue weighted by Gasteiger charge is 2.21. The first kappa shape index (κ1) is 19.8. The van der Waals surface area contributed by atoms with Crippen molar-refractivity contribution in [3.05, 3.63) is 59.8 Å². The first-order chi connectivity index (χ1) is 14.3. The molecule has 1 unspecified atom stereocenters. The van der Waals surface area contributed by atoms with Crippen molar-refractivity contribution >= 4 is 11.7 Å². The number of rotatable bonds is 6. The average Bonchev–Trinajstić information content (AvgIpc) is 2.79. The molecule has 1 amide bonds. The highest BCUT2D eigenvalue weighted by molar-refractivity contribution is 5.94. The second-order valence-corrected chi connectivity index (χ2v) is 7.43. The van der Waals surface area contributed by atoms with Crippen molar-refractivity contribution in [1.82, 2.24) is 15.2 Å². The molecule has 1 aromatic heterocycles. The molecule has 4 rings (SSSR count). The van der Waals surface area contributed by atoms with Crippen molar-refractivity contribution in [1.29, 1.82) is 0 Å². The minimum atomic E-state index is -0.116. The molecule has 29 heavy (non-hydrogen) atoms. The number of nitrogens with one attached hydrogen (secondary N) is 1. The highest BCUT2D eigenvalue weighted by atomic mass is 16.5. The van der Waals surface area contributed by atoms with Crippen LogP contribution in [0.3, 0.4) is 0 Å². The van der Waals surface area contributed by atoms with Crippen LogP contribution in [0.4, 0.5) is 5.82 Å². The van der Waals surface area contributed by atoms with Crippen LogP contribution in [0.25, 0.3) is 0 Å². The number of hydrogen-bond acceptors (Lipinski definition) is 6. The second-order valence-electron chi connectivity index (χ2n) is 7.43. The number of anilines is 1. The van der Waals surface area contributed by atoms with Gasteiger partial charge in [-0.25, -0.2) is 4.98 Å². The number of pyridine rings is 1. The molecule has 1 atom stereocenters. The lowest BCUT2D eigenvalue weighted by Gasteiger charge is -2.33. The van der Waals surface area contributed by atoms with Crippen LogP contribution in [0, 0.1) is 0 Å². The Hall–Kier alpha value is -2.48. The number of carbonyl (C=O) groups is 1. The first-order valence-electron chi connectivity index (χ1n) is 10.2. The first-order valence-corrected chi connectivity index (χ1v) is 10.2. The summed E-state index contributed by atoms with van der Waals surface area (Å²) in [6.07, 6.45) is 1.64. The van der Waals surface area contributed by atoms with Gasteiger partial charge in [-0.15, -0.1) is 0 Å². The fourth-order valence-corrected chi connectivity index (χ4v) is 3.70. The molecule has 2 fully saturated rings. The van der Waals surface area contributed by atoms with Crippen LogP contribution in [0.2, 0.25) is 0 Å². The molecule has 3 heterocycles. The van der Waals surface area contributed by atoms with E-state index in [0.717, 1.165) is 38.5 Å². The summed E-state index contributed by atoms with van der Waals surface area (Å²) in [5.41, 5.74) is 1.86. The second kappa shape index (κ2) is 9.82. The van der Waals surface area contributed by atoms with Gasteiger partial charge in [-0.05, 0) is 17.7 Å². The highest BCUT2D eigenvalue weighted by Crippen LogP contribution is 2.14. The summed E-state index contributed by atoms with van der Waals surface area (Å²) in [7, 11) is 0. The lowest BCUT2D eigenvalue weighted by atomic mass is 10.2. The van der Waals surface area contributed by atoms with Crippen molar-refractivity contribution in [2.75, 3.05) is 57.4 Å². The Labute approximate surface area is 171 Å². The van der Waals surface area contributed by atoms with Crippen molar-refractivity contribution in [3.8, 4) is 0 Å². The van der Waals surface area contributed by atoms with Gasteiger partial charge >= 0.3 is 0 Å². The van der Waals surface area contributed by atoms with Crippen molar-refractivity contribution in [2.45, 2.75) is 12.6 Å². The third-order valence-corrected chi connectivity index (χ3v) is 5.31.